The van der Waals surface area contributed by atoms with Gasteiger partial charge in [0.1, 0.15) is 5.75 Å². The molecule has 0 fully saturated rings. The Bertz CT molecular complexity index is 803. The Hall–Kier alpha value is -3.16. The molecular weight excluding hydrogens is 398 g/mol. The van der Waals surface area contributed by atoms with E-state index in [1.54, 1.807) is 18.2 Å². The number of nitrogens with one attached hydrogen (secondary N) is 1. The Kier molecular flexibility index (Phi) is 9.74. The number of hydrogen-bond donors (Lipinski definition) is 2. The number of phenols is 1. The Labute approximate surface area is 182 Å². The van der Waals surface area contributed by atoms with Crippen molar-refractivity contribution in [3.05, 3.63) is 42.0 Å². The van der Waals surface area contributed by atoms with Crippen LogP contribution < -0.4 is 5.32 Å². The second kappa shape index (κ2) is 12.5. The largest absolute Gasteiger partial charge is 0.508 e. The normalized spacial score (nSPS) is 13.0. The Balaban J connectivity index is 1.63. The number of nitrogens with zero attached hydrogens (tertiary/aromatic N) is 2. The zero-order valence-corrected chi connectivity index (χ0v) is 18.0. The molecule has 0 saturated heterocycles. The summed E-state index contributed by atoms with van der Waals surface area (Å²) in [5.74, 6) is -1.06. The Morgan fingerprint density at radius 1 is 1.00 bits per heavy atom. The zero-order valence-electron chi connectivity index (χ0n) is 18.0. The van der Waals surface area contributed by atoms with E-state index in [9.17, 15) is 24.3 Å². The van der Waals surface area contributed by atoms with E-state index in [2.05, 4.69) is 5.32 Å². The number of unbranched alkanes of at least 4 members (excludes halogenated alkanes) is 3. The van der Waals surface area contributed by atoms with Gasteiger partial charge in [0.25, 0.3) is 11.8 Å². The summed E-state index contributed by atoms with van der Waals surface area (Å²) in [4.78, 5) is 48.1. The molecule has 168 valence electrons. The number of hydrogen-bond acceptors (Lipinski definition) is 5. The predicted octanol–water partition coefficient (Wildman–Crippen LogP) is 2.47. The Morgan fingerprint density at radius 2 is 1.68 bits per heavy atom. The van der Waals surface area contributed by atoms with Crippen molar-refractivity contribution < 1.29 is 24.3 Å². The second-order valence-corrected chi connectivity index (χ2v) is 7.48. The van der Waals surface area contributed by atoms with Gasteiger partial charge in [0.05, 0.1) is 0 Å². The number of phenolic OH excluding ortho intramolecular Hbond substituents is 1. The minimum atomic E-state index is -0.485. The predicted molar refractivity (Wildman–Crippen MR) is 116 cm³/mol. The maximum atomic E-state index is 12.3. The van der Waals surface area contributed by atoms with Gasteiger partial charge in [-0.3, -0.25) is 19.2 Å². The quantitative estimate of drug-likeness (QED) is 0.370. The average Bonchev–Trinajstić information content (AvgIpc) is 3.07. The van der Waals surface area contributed by atoms with Crippen molar-refractivity contribution in [2.24, 2.45) is 0 Å². The number of carbonyl (C=O) groups excluding carboxylic acids is 4. The number of hydrazine groups is 1. The van der Waals surface area contributed by atoms with E-state index in [1.807, 2.05) is 13.0 Å². The zero-order chi connectivity index (χ0) is 22.6. The molecule has 2 N–H and O–H groups in total. The number of rotatable bonds is 13. The standard InChI is InChI=1S/C23H31N3O5/c1-2-9-21(29)25(26-22(30)14-15-23(26)31)17-8-4-3-7-16-24-20(28)13-12-18-10-5-6-11-19(18)27/h5-6,10-11,14-15,27H,2-4,7-9,12-13,16-17H2,1H3,(H,24,28). The molecule has 0 aliphatic carbocycles. The van der Waals surface area contributed by atoms with E-state index in [-0.39, 0.29) is 24.0 Å². The van der Waals surface area contributed by atoms with Crippen molar-refractivity contribution in [2.75, 3.05) is 13.1 Å². The van der Waals surface area contributed by atoms with Gasteiger partial charge in [-0.05, 0) is 37.3 Å². The summed E-state index contributed by atoms with van der Waals surface area (Å²) < 4.78 is 0. The summed E-state index contributed by atoms with van der Waals surface area (Å²) in [7, 11) is 0. The first-order valence-electron chi connectivity index (χ1n) is 10.8. The van der Waals surface area contributed by atoms with Gasteiger partial charge in [0, 0.05) is 38.1 Å². The fraction of sp³-hybridized carbons (Fsp3) is 0.478. The highest BCUT2D eigenvalue weighted by atomic mass is 16.3. The van der Waals surface area contributed by atoms with E-state index in [4.69, 9.17) is 0 Å². The van der Waals surface area contributed by atoms with E-state index in [0.29, 0.717) is 38.8 Å². The molecule has 1 aliphatic heterocycles. The summed E-state index contributed by atoms with van der Waals surface area (Å²) in [5.41, 5.74) is 0.755. The van der Waals surface area contributed by atoms with Crippen molar-refractivity contribution >= 4 is 23.6 Å². The first-order valence-corrected chi connectivity index (χ1v) is 10.8. The highest BCUT2D eigenvalue weighted by Gasteiger charge is 2.32. The number of amides is 4. The van der Waals surface area contributed by atoms with Crippen LogP contribution in [0, 0.1) is 0 Å². The minimum Gasteiger partial charge on any atom is -0.508 e. The van der Waals surface area contributed by atoms with Crippen LogP contribution in [0.25, 0.3) is 0 Å². The van der Waals surface area contributed by atoms with Crippen molar-refractivity contribution in [3.8, 4) is 5.75 Å². The summed E-state index contributed by atoms with van der Waals surface area (Å²) in [6, 6.07) is 6.98. The Morgan fingerprint density at radius 3 is 2.35 bits per heavy atom. The SMILES string of the molecule is CCCC(=O)N(CCCCCCNC(=O)CCc1ccccc1O)N1C(=O)C=CC1=O. The van der Waals surface area contributed by atoms with Crippen molar-refractivity contribution in [1.82, 2.24) is 15.3 Å². The van der Waals surface area contributed by atoms with Gasteiger partial charge in [-0.2, -0.15) is 5.01 Å². The topological polar surface area (TPSA) is 107 Å². The molecule has 0 saturated carbocycles. The van der Waals surface area contributed by atoms with E-state index >= 15 is 0 Å². The van der Waals surface area contributed by atoms with Crippen LogP contribution in [-0.4, -0.2) is 51.8 Å². The molecule has 4 amide bonds. The average molecular weight is 430 g/mol. The van der Waals surface area contributed by atoms with Gasteiger partial charge in [0.15, 0.2) is 0 Å². The molecular formula is C23H31N3O5. The van der Waals surface area contributed by atoms with Gasteiger partial charge in [-0.25, -0.2) is 5.01 Å². The summed E-state index contributed by atoms with van der Waals surface area (Å²) in [5, 5.41) is 14.8. The molecule has 2 rings (SSSR count). The first kappa shape index (κ1) is 24.1. The van der Waals surface area contributed by atoms with Gasteiger partial charge in [-0.1, -0.05) is 38.0 Å². The monoisotopic (exact) mass is 429 g/mol. The number of imide groups is 1. The highest BCUT2D eigenvalue weighted by Crippen LogP contribution is 2.17. The summed E-state index contributed by atoms with van der Waals surface area (Å²) in [6.45, 7) is 2.74. The minimum absolute atomic E-state index is 0.0573. The lowest BCUT2D eigenvalue weighted by Crippen LogP contribution is -2.50. The lowest BCUT2D eigenvalue weighted by atomic mass is 10.1. The second-order valence-electron chi connectivity index (χ2n) is 7.48. The number of carbonyl (C=O) groups is 4. The fourth-order valence-electron chi connectivity index (χ4n) is 3.34. The molecule has 8 heteroatoms. The molecule has 1 aliphatic rings. The third-order valence-corrected chi connectivity index (χ3v) is 5.01. The molecule has 8 nitrogen and oxygen atoms in total. The molecule has 0 radical (unpaired) electrons. The molecule has 0 unspecified atom stereocenters. The number of aryl methyl sites for hydroxylation is 1. The van der Waals surface area contributed by atoms with Crippen LogP contribution in [0.2, 0.25) is 0 Å². The van der Waals surface area contributed by atoms with Crippen molar-refractivity contribution in [2.45, 2.75) is 58.3 Å². The van der Waals surface area contributed by atoms with E-state index in [1.165, 1.54) is 17.2 Å². The van der Waals surface area contributed by atoms with Crippen LogP contribution >= 0.6 is 0 Å². The lowest BCUT2D eigenvalue weighted by Gasteiger charge is -2.30. The molecule has 1 aromatic carbocycles. The van der Waals surface area contributed by atoms with Crippen LogP contribution in [0.5, 0.6) is 5.75 Å². The third-order valence-electron chi connectivity index (χ3n) is 5.01. The highest BCUT2D eigenvalue weighted by molar-refractivity contribution is 6.13. The smallest absolute Gasteiger partial charge is 0.272 e. The van der Waals surface area contributed by atoms with Crippen LogP contribution in [0.15, 0.2) is 36.4 Å². The van der Waals surface area contributed by atoms with Crippen LogP contribution in [0.4, 0.5) is 0 Å². The van der Waals surface area contributed by atoms with Gasteiger partial charge in [0.2, 0.25) is 11.8 Å². The number of aromatic hydroxyl groups is 1. The maximum Gasteiger partial charge on any atom is 0.272 e. The first-order chi connectivity index (χ1) is 14.9. The fourth-order valence-corrected chi connectivity index (χ4v) is 3.34. The molecule has 31 heavy (non-hydrogen) atoms. The van der Waals surface area contributed by atoms with Gasteiger partial charge in [-0.15, -0.1) is 0 Å². The van der Waals surface area contributed by atoms with Gasteiger partial charge >= 0.3 is 0 Å². The molecule has 1 aromatic rings. The van der Waals surface area contributed by atoms with Crippen LogP contribution in [0.3, 0.4) is 0 Å². The molecule has 0 bridgehead atoms. The van der Waals surface area contributed by atoms with Crippen LogP contribution in [-0.2, 0) is 25.6 Å². The molecule has 0 atom stereocenters. The number of para-hydroxylation sites is 1. The molecule has 0 spiro atoms. The lowest BCUT2D eigenvalue weighted by molar-refractivity contribution is -0.167. The van der Waals surface area contributed by atoms with Crippen molar-refractivity contribution in [3.63, 3.8) is 0 Å². The summed E-state index contributed by atoms with van der Waals surface area (Å²) >= 11 is 0. The van der Waals surface area contributed by atoms with Crippen molar-refractivity contribution in [1.29, 1.82) is 0 Å². The van der Waals surface area contributed by atoms with Gasteiger partial charge < -0.3 is 10.4 Å². The summed E-state index contributed by atoms with van der Waals surface area (Å²) in [6.07, 6.45) is 7.21. The molecule has 1 heterocycles. The van der Waals surface area contributed by atoms with Crippen LogP contribution in [0.1, 0.15) is 57.4 Å². The third kappa shape index (κ3) is 7.55. The molecule has 0 aromatic heterocycles. The van der Waals surface area contributed by atoms with E-state index in [0.717, 1.165) is 29.8 Å². The van der Waals surface area contributed by atoms with E-state index < -0.39 is 11.8 Å². The number of benzene rings is 1. The maximum absolute atomic E-state index is 12.3.